The highest BCUT2D eigenvalue weighted by Crippen LogP contribution is 2.10. The Morgan fingerprint density at radius 3 is 2.31 bits per heavy atom. The molecule has 1 heterocycles. The van der Waals surface area contributed by atoms with Gasteiger partial charge in [-0.3, -0.25) is 9.59 Å². The zero-order chi connectivity index (χ0) is 19.2. The van der Waals surface area contributed by atoms with Crippen LogP contribution in [0.15, 0.2) is 0 Å². The number of unbranched alkanes of at least 4 members (excludes halogenated alkanes) is 7. The van der Waals surface area contributed by atoms with Crippen molar-refractivity contribution >= 4 is 17.8 Å². The standard InChI is InChI=1S/C19H33NO6/c1-2-3-4-5-6-7-8-9-10-18(23)25-13-15(21)14-26-19(24)16-11-12-17(22)20-16/h15-16,21H,2-14H2,1H3,(H,20,22)/t15?,16-/m0/s1. The summed E-state index contributed by atoms with van der Waals surface area (Å²) in [5, 5.41) is 12.2. The molecule has 150 valence electrons. The van der Waals surface area contributed by atoms with Gasteiger partial charge in [-0.05, 0) is 12.8 Å². The first-order valence-corrected chi connectivity index (χ1v) is 9.82. The van der Waals surface area contributed by atoms with Gasteiger partial charge in [-0.25, -0.2) is 4.79 Å². The summed E-state index contributed by atoms with van der Waals surface area (Å²) in [6, 6.07) is -0.640. The Morgan fingerprint density at radius 2 is 1.69 bits per heavy atom. The van der Waals surface area contributed by atoms with Gasteiger partial charge in [0.1, 0.15) is 25.4 Å². The SMILES string of the molecule is CCCCCCCCCCC(=O)OCC(O)COC(=O)[C@@H]1CCC(=O)N1. The number of esters is 2. The van der Waals surface area contributed by atoms with Gasteiger partial charge in [0.05, 0.1) is 0 Å². The molecule has 1 saturated heterocycles. The van der Waals surface area contributed by atoms with Crippen LogP contribution >= 0.6 is 0 Å². The van der Waals surface area contributed by atoms with Gasteiger partial charge in [0, 0.05) is 12.8 Å². The maximum absolute atomic E-state index is 11.7. The third kappa shape index (κ3) is 10.4. The highest BCUT2D eigenvalue weighted by Gasteiger charge is 2.28. The van der Waals surface area contributed by atoms with E-state index in [4.69, 9.17) is 9.47 Å². The number of rotatable bonds is 14. The fourth-order valence-corrected chi connectivity index (χ4v) is 2.78. The summed E-state index contributed by atoms with van der Waals surface area (Å²) in [6.45, 7) is 1.75. The molecular formula is C19H33NO6. The van der Waals surface area contributed by atoms with Crippen molar-refractivity contribution in [2.75, 3.05) is 13.2 Å². The quantitative estimate of drug-likeness (QED) is 0.359. The van der Waals surface area contributed by atoms with Gasteiger partial charge in [0.15, 0.2) is 0 Å². The van der Waals surface area contributed by atoms with E-state index in [-0.39, 0.29) is 25.1 Å². The summed E-state index contributed by atoms with van der Waals surface area (Å²) in [7, 11) is 0. The molecule has 7 heteroatoms. The fourth-order valence-electron chi connectivity index (χ4n) is 2.78. The van der Waals surface area contributed by atoms with E-state index in [0.717, 1.165) is 19.3 Å². The predicted octanol–water partition coefficient (Wildman–Crippen LogP) is 2.24. The Bertz CT molecular complexity index is 440. The van der Waals surface area contributed by atoms with Crippen molar-refractivity contribution in [3.05, 3.63) is 0 Å². The van der Waals surface area contributed by atoms with E-state index in [1.54, 1.807) is 0 Å². The maximum Gasteiger partial charge on any atom is 0.328 e. The maximum atomic E-state index is 11.7. The van der Waals surface area contributed by atoms with Crippen LogP contribution in [0.2, 0.25) is 0 Å². The third-order valence-corrected chi connectivity index (χ3v) is 4.37. The molecule has 0 aromatic rings. The predicted molar refractivity (Wildman–Crippen MR) is 96.3 cm³/mol. The van der Waals surface area contributed by atoms with Crippen LogP contribution in [-0.4, -0.2) is 48.3 Å². The molecule has 0 bridgehead atoms. The molecule has 0 spiro atoms. The Labute approximate surface area is 155 Å². The van der Waals surface area contributed by atoms with E-state index < -0.39 is 18.1 Å². The lowest BCUT2D eigenvalue weighted by atomic mass is 10.1. The van der Waals surface area contributed by atoms with Crippen molar-refractivity contribution in [3.63, 3.8) is 0 Å². The van der Waals surface area contributed by atoms with Crippen molar-refractivity contribution < 1.29 is 29.0 Å². The minimum absolute atomic E-state index is 0.178. The molecule has 2 atom stereocenters. The highest BCUT2D eigenvalue weighted by molar-refractivity contribution is 5.88. The number of hydrogen-bond acceptors (Lipinski definition) is 6. The lowest BCUT2D eigenvalue weighted by Crippen LogP contribution is -2.36. The molecule has 1 aliphatic rings. The molecule has 0 aromatic carbocycles. The van der Waals surface area contributed by atoms with E-state index in [1.807, 2.05) is 0 Å². The Balaban J connectivity index is 1.97. The molecule has 0 aromatic heterocycles. The molecule has 1 amide bonds. The minimum Gasteiger partial charge on any atom is -0.463 e. The van der Waals surface area contributed by atoms with E-state index >= 15 is 0 Å². The zero-order valence-electron chi connectivity index (χ0n) is 15.8. The second-order valence-corrected chi connectivity index (χ2v) is 6.85. The molecule has 0 radical (unpaired) electrons. The molecule has 1 unspecified atom stereocenters. The van der Waals surface area contributed by atoms with Crippen molar-refractivity contribution in [1.29, 1.82) is 0 Å². The van der Waals surface area contributed by atoms with Crippen LogP contribution in [0.5, 0.6) is 0 Å². The number of nitrogens with one attached hydrogen (secondary N) is 1. The van der Waals surface area contributed by atoms with Crippen LogP contribution in [0, 0.1) is 0 Å². The number of hydrogen-bond donors (Lipinski definition) is 2. The van der Waals surface area contributed by atoms with Crippen molar-refractivity contribution in [2.45, 2.75) is 89.7 Å². The molecule has 0 saturated carbocycles. The molecule has 1 rings (SSSR count). The molecule has 2 N–H and O–H groups in total. The van der Waals surface area contributed by atoms with Gasteiger partial charge in [-0.15, -0.1) is 0 Å². The lowest BCUT2D eigenvalue weighted by molar-refractivity contribution is -0.154. The fraction of sp³-hybridized carbons (Fsp3) is 0.842. The van der Waals surface area contributed by atoms with E-state index in [2.05, 4.69) is 12.2 Å². The number of carbonyl (C=O) groups is 3. The number of ether oxygens (including phenoxy) is 2. The first-order valence-electron chi connectivity index (χ1n) is 9.82. The topological polar surface area (TPSA) is 102 Å². The number of aliphatic hydroxyl groups is 1. The van der Waals surface area contributed by atoms with Crippen molar-refractivity contribution in [2.24, 2.45) is 0 Å². The first-order chi connectivity index (χ1) is 12.5. The van der Waals surface area contributed by atoms with Gasteiger partial charge in [0.2, 0.25) is 5.91 Å². The van der Waals surface area contributed by atoms with Crippen molar-refractivity contribution in [3.8, 4) is 0 Å². The van der Waals surface area contributed by atoms with Gasteiger partial charge < -0.3 is 19.9 Å². The van der Waals surface area contributed by atoms with Crippen LogP contribution in [0.4, 0.5) is 0 Å². The van der Waals surface area contributed by atoms with Crippen LogP contribution < -0.4 is 5.32 Å². The number of amides is 1. The summed E-state index contributed by atoms with van der Waals surface area (Å²) in [4.78, 5) is 34.3. The summed E-state index contributed by atoms with van der Waals surface area (Å²) in [6.07, 6.45) is 9.21. The minimum atomic E-state index is -1.06. The Kier molecular flexibility index (Phi) is 11.7. The number of aliphatic hydroxyl groups excluding tert-OH is 1. The summed E-state index contributed by atoms with van der Waals surface area (Å²) >= 11 is 0. The largest absolute Gasteiger partial charge is 0.463 e. The summed E-state index contributed by atoms with van der Waals surface area (Å²) in [5.41, 5.74) is 0. The van der Waals surface area contributed by atoms with E-state index in [9.17, 15) is 19.5 Å². The Hall–Kier alpha value is -1.63. The number of carbonyl (C=O) groups excluding carboxylic acids is 3. The molecular weight excluding hydrogens is 338 g/mol. The average Bonchev–Trinajstić information content (AvgIpc) is 3.06. The van der Waals surface area contributed by atoms with Gasteiger partial charge in [-0.1, -0.05) is 51.9 Å². The summed E-state index contributed by atoms with van der Waals surface area (Å²) in [5.74, 6) is -1.09. The van der Waals surface area contributed by atoms with Crippen LogP contribution in [-0.2, 0) is 23.9 Å². The molecule has 26 heavy (non-hydrogen) atoms. The first kappa shape index (κ1) is 22.4. The smallest absolute Gasteiger partial charge is 0.328 e. The monoisotopic (exact) mass is 371 g/mol. The second-order valence-electron chi connectivity index (χ2n) is 6.85. The molecule has 1 fully saturated rings. The van der Waals surface area contributed by atoms with Crippen LogP contribution in [0.25, 0.3) is 0 Å². The molecule has 7 nitrogen and oxygen atoms in total. The van der Waals surface area contributed by atoms with Gasteiger partial charge >= 0.3 is 11.9 Å². The van der Waals surface area contributed by atoms with Gasteiger partial charge in [-0.2, -0.15) is 0 Å². The molecule has 1 aliphatic heterocycles. The van der Waals surface area contributed by atoms with Crippen LogP contribution in [0.1, 0.15) is 77.6 Å². The second kappa shape index (κ2) is 13.6. The van der Waals surface area contributed by atoms with Crippen LogP contribution in [0.3, 0.4) is 0 Å². The average molecular weight is 371 g/mol. The normalized spacial score (nSPS) is 17.6. The van der Waals surface area contributed by atoms with E-state index in [0.29, 0.717) is 19.3 Å². The summed E-state index contributed by atoms with van der Waals surface area (Å²) < 4.78 is 9.92. The highest BCUT2D eigenvalue weighted by atomic mass is 16.6. The third-order valence-electron chi connectivity index (χ3n) is 4.37. The van der Waals surface area contributed by atoms with Gasteiger partial charge in [0.25, 0.3) is 0 Å². The van der Waals surface area contributed by atoms with Crippen molar-refractivity contribution in [1.82, 2.24) is 5.32 Å². The molecule has 0 aliphatic carbocycles. The zero-order valence-corrected chi connectivity index (χ0v) is 15.8. The Morgan fingerprint density at radius 1 is 1.08 bits per heavy atom. The lowest BCUT2D eigenvalue weighted by Gasteiger charge is -2.14. The van der Waals surface area contributed by atoms with E-state index in [1.165, 1.54) is 32.1 Å².